The second-order valence-corrected chi connectivity index (χ2v) is 8.22. The highest BCUT2D eigenvalue weighted by Gasteiger charge is 2.19. The van der Waals surface area contributed by atoms with Gasteiger partial charge in [-0.25, -0.2) is 0 Å². The zero-order valence-corrected chi connectivity index (χ0v) is 18.1. The molecular weight excluding hydrogens is 390 g/mol. The maximum absolute atomic E-state index is 12.4. The van der Waals surface area contributed by atoms with Crippen molar-refractivity contribution >= 4 is 11.6 Å². The first kappa shape index (κ1) is 21.7. The number of carbonyl (C=O) groups is 1. The van der Waals surface area contributed by atoms with Crippen LogP contribution < -0.4 is 15.5 Å². The first-order chi connectivity index (χ1) is 15.3. The number of benzene rings is 1. The first-order valence-corrected chi connectivity index (χ1v) is 11.3. The van der Waals surface area contributed by atoms with Crippen molar-refractivity contribution in [2.75, 3.05) is 57.4 Å². The van der Waals surface area contributed by atoms with Gasteiger partial charge in [-0.1, -0.05) is 6.07 Å². The number of amides is 1. The van der Waals surface area contributed by atoms with Gasteiger partial charge in [0.15, 0.2) is 0 Å². The van der Waals surface area contributed by atoms with E-state index in [0.717, 1.165) is 76.6 Å². The number of hydrogen-bond donors (Lipinski definition) is 2. The molecule has 2 fully saturated rings. The highest BCUT2D eigenvalue weighted by molar-refractivity contribution is 5.94. The van der Waals surface area contributed by atoms with Crippen molar-refractivity contribution in [1.29, 1.82) is 0 Å². The molecule has 4 rings (SSSR count). The van der Waals surface area contributed by atoms with Crippen molar-refractivity contribution in [1.82, 2.24) is 20.5 Å². The molecule has 2 aliphatic heterocycles. The molecule has 0 spiro atoms. The lowest BCUT2D eigenvalue weighted by molar-refractivity contribution is 0.0383. The van der Waals surface area contributed by atoms with Gasteiger partial charge in [0.25, 0.3) is 5.91 Å². The van der Waals surface area contributed by atoms with E-state index in [1.165, 1.54) is 5.69 Å². The van der Waals surface area contributed by atoms with Crippen LogP contribution in [0.5, 0.6) is 0 Å². The number of pyridine rings is 1. The Labute approximate surface area is 184 Å². The van der Waals surface area contributed by atoms with Gasteiger partial charge in [-0.15, -0.1) is 0 Å². The summed E-state index contributed by atoms with van der Waals surface area (Å²) < 4.78 is 5.35. The van der Waals surface area contributed by atoms with Crippen molar-refractivity contribution in [2.45, 2.75) is 25.4 Å². The Morgan fingerprint density at radius 3 is 2.52 bits per heavy atom. The predicted molar refractivity (Wildman–Crippen MR) is 122 cm³/mol. The molecule has 0 saturated carbocycles. The maximum Gasteiger partial charge on any atom is 0.251 e. The summed E-state index contributed by atoms with van der Waals surface area (Å²) in [5.41, 5.74) is 2.99. The summed E-state index contributed by atoms with van der Waals surface area (Å²) in [6, 6.07) is 14.6. The largest absolute Gasteiger partial charge is 0.379 e. The minimum absolute atomic E-state index is 0.00256. The smallest absolute Gasteiger partial charge is 0.251 e. The SMILES string of the molecule is O=C(NCCN1CCOCC1)c1ccc(N2CCC(NCc3ccccn3)CC2)cc1. The fraction of sp³-hybridized carbons (Fsp3) is 0.500. The van der Waals surface area contributed by atoms with E-state index in [1.54, 1.807) is 0 Å². The van der Waals surface area contributed by atoms with Crippen LogP contribution in [0.3, 0.4) is 0 Å². The minimum Gasteiger partial charge on any atom is -0.379 e. The molecule has 1 aromatic heterocycles. The molecule has 7 nitrogen and oxygen atoms in total. The summed E-state index contributed by atoms with van der Waals surface area (Å²) in [5.74, 6) is -0.00256. The standard InChI is InChI=1S/C24H33N5O2/c30-24(26-11-14-28-15-17-31-18-16-28)20-4-6-23(7-5-20)29-12-8-21(9-13-29)27-19-22-3-1-2-10-25-22/h1-7,10,21,27H,8-9,11-19H2,(H,26,30). The lowest BCUT2D eigenvalue weighted by atomic mass is 10.0. The molecule has 0 radical (unpaired) electrons. The van der Waals surface area contributed by atoms with Crippen molar-refractivity contribution in [2.24, 2.45) is 0 Å². The second kappa shape index (κ2) is 11.2. The lowest BCUT2D eigenvalue weighted by Gasteiger charge is -2.34. The van der Waals surface area contributed by atoms with Crippen LogP contribution in [0.2, 0.25) is 0 Å². The molecular formula is C24H33N5O2. The molecule has 1 amide bonds. The molecule has 31 heavy (non-hydrogen) atoms. The Bertz CT molecular complexity index is 800. The van der Waals surface area contributed by atoms with Gasteiger partial charge in [-0.05, 0) is 49.2 Å². The van der Waals surface area contributed by atoms with Gasteiger partial charge in [0.2, 0.25) is 0 Å². The van der Waals surface area contributed by atoms with Crippen molar-refractivity contribution < 1.29 is 9.53 Å². The Balaban J connectivity index is 1.18. The molecule has 0 unspecified atom stereocenters. The molecule has 2 N–H and O–H groups in total. The number of rotatable bonds is 8. The number of ether oxygens (including phenoxy) is 1. The van der Waals surface area contributed by atoms with Crippen molar-refractivity contribution in [3.8, 4) is 0 Å². The summed E-state index contributed by atoms with van der Waals surface area (Å²) in [7, 11) is 0. The number of carbonyl (C=O) groups excluding carboxylic acids is 1. The van der Waals surface area contributed by atoms with E-state index in [4.69, 9.17) is 4.74 Å². The molecule has 0 bridgehead atoms. The highest BCUT2D eigenvalue weighted by Crippen LogP contribution is 2.21. The summed E-state index contributed by atoms with van der Waals surface area (Å²) >= 11 is 0. The zero-order chi connectivity index (χ0) is 21.3. The molecule has 0 atom stereocenters. The monoisotopic (exact) mass is 423 g/mol. The maximum atomic E-state index is 12.4. The Morgan fingerprint density at radius 1 is 1.03 bits per heavy atom. The van der Waals surface area contributed by atoms with Crippen LogP contribution in [0, 0.1) is 0 Å². The number of nitrogens with one attached hydrogen (secondary N) is 2. The van der Waals surface area contributed by atoms with Gasteiger partial charge in [-0.3, -0.25) is 14.7 Å². The first-order valence-electron chi connectivity index (χ1n) is 11.3. The molecule has 3 heterocycles. The average Bonchev–Trinajstić information content (AvgIpc) is 2.84. The van der Waals surface area contributed by atoms with E-state index in [1.807, 2.05) is 30.5 Å². The van der Waals surface area contributed by atoms with Gasteiger partial charge in [0.1, 0.15) is 0 Å². The number of anilines is 1. The van der Waals surface area contributed by atoms with E-state index in [2.05, 4.69) is 43.6 Å². The third-order valence-corrected chi connectivity index (χ3v) is 6.10. The second-order valence-electron chi connectivity index (χ2n) is 8.22. The molecule has 2 aliphatic rings. The van der Waals surface area contributed by atoms with Crippen LogP contribution in [0.25, 0.3) is 0 Å². The Kier molecular flexibility index (Phi) is 7.87. The van der Waals surface area contributed by atoms with E-state index >= 15 is 0 Å². The van der Waals surface area contributed by atoms with Gasteiger partial charge < -0.3 is 20.3 Å². The van der Waals surface area contributed by atoms with Gasteiger partial charge in [-0.2, -0.15) is 0 Å². The number of aromatic nitrogens is 1. The molecule has 166 valence electrons. The molecule has 7 heteroatoms. The van der Waals surface area contributed by atoms with Crippen molar-refractivity contribution in [3.63, 3.8) is 0 Å². The normalized spacial score (nSPS) is 18.1. The highest BCUT2D eigenvalue weighted by atomic mass is 16.5. The van der Waals surface area contributed by atoms with Gasteiger partial charge in [0, 0.05) is 69.3 Å². The van der Waals surface area contributed by atoms with E-state index in [0.29, 0.717) is 12.6 Å². The minimum atomic E-state index is -0.00256. The predicted octanol–water partition coefficient (Wildman–Crippen LogP) is 1.90. The molecule has 2 saturated heterocycles. The fourth-order valence-corrected chi connectivity index (χ4v) is 4.17. The topological polar surface area (TPSA) is 69.7 Å². The molecule has 1 aromatic carbocycles. The van der Waals surface area contributed by atoms with E-state index < -0.39 is 0 Å². The average molecular weight is 424 g/mol. The van der Waals surface area contributed by atoms with Crippen LogP contribution in [0.15, 0.2) is 48.7 Å². The van der Waals surface area contributed by atoms with Crippen LogP contribution in [-0.2, 0) is 11.3 Å². The van der Waals surface area contributed by atoms with Crippen LogP contribution in [0.1, 0.15) is 28.9 Å². The van der Waals surface area contributed by atoms with Gasteiger partial charge >= 0.3 is 0 Å². The number of nitrogens with zero attached hydrogens (tertiary/aromatic N) is 3. The van der Waals surface area contributed by atoms with Crippen LogP contribution in [-0.4, -0.2) is 74.3 Å². The third-order valence-electron chi connectivity index (χ3n) is 6.10. The van der Waals surface area contributed by atoms with Crippen molar-refractivity contribution in [3.05, 3.63) is 59.9 Å². The third kappa shape index (κ3) is 6.50. The molecule has 2 aromatic rings. The number of morpholine rings is 1. The summed E-state index contributed by atoms with van der Waals surface area (Å²) in [4.78, 5) is 21.5. The number of piperidine rings is 1. The quantitative estimate of drug-likeness (QED) is 0.676. The Hall–Kier alpha value is -2.48. The lowest BCUT2D eigenvalue weighted by Crippen LogP contribution is -2.42. The summed E-state index contributed by atoms with van der Waals surface area (Å²) in [5, 5.41) is 6.65. The Morgan fingerprint density at radius 2 is 1.81 bits per heavy atom. The summed E-state index contributed by atoms with van der Waals surface area (Å²) in [6.45, 7) is 7.85. The molecule has 0 aliphatic carbocycles. The van der Waals surface area contributed by atoms with Crippen LogP contribution >= 0.6 is 0 Å². The van der Waals surface area contributed by atoms with Gasteiger partial charge in [0.05, 0.1) is 18.9 Å². The van der Waals surface area contributed by atoms with Crippen LogP contribution in [0.4, 0.5) is 5.69 Å². The fourth-order valence-electron chi connectivity index (χ4n) is 4.17. The number of hydrogen-bond acceptors (Lipinski definition) is 6. The van der Waals surface area contributed by atoms with E-state index in [-0.39, 0.29) is 5.91 Å². The zero-order valence-electron chi connectivity index (χ0n) is 18.1. The van der Waals surface area contributed by atoms with E-state index in [9.17, 15) is 4.79 Å². The summed E-state index contributed by atoms with van der Waals surface area (Å²) in [6.07, 6.45) is 4.06.